The Balaban J connectivity index is 1.43. The Labute approximate surface area is 194 Å². The monoisotopic (exact) mass is 460 g/mol. The van der Waals surface area contributed by atoms with Crippen LogP contribution in [0.1, 0.15) is 5.69 Å². The van der Waals surface area contributed by atoms with Crippen molar-refractivity contribution in [3.63, 3.8) is 0 Å². The van der Waals surface area contributed by atoms with Gasteiger partial charge in [-0.1, -0.05) is 18.2 Å². The predicted octanol–water partition coefficient (Wildman–Crippen LogP) is 4.50. The lowest BCUT2D eigenvalue weighted by atomic mass is 10.2. The number of aromatic nitrogens is 3. The third kappa shape index (κ3) is 4.17. The summed E-state index contributed by atoms with van der Waals surface area (Å²) in [5, 5.41) is 12.9. The van der Waals surface area contributed by atoms with Crippen molar-refractivity contribution < 1.29 is 14.1 Å². The number of piperazine rings is 1. The molecule has 172 valence electrons. The zero-order valence-corrected chi connectivity index (χ0v) is 18.4. The van der Waals surface area contributed by atoms with Crippen molar-refractivity contribution >= 4 is 28.1 Å². The van der Waals surface area contributed by atoms with Gasteiger partial charge in [0.05, 0.1) is 4.92 Å². The number of para-hydroxylation sites is 1. The normalized spacial score (nSPS) is 13.8. The molecule has 2 aromatic carbocycles. The van der Waals surface area contributed by atoms with Crippen molar-refractivity contribution in [2.24, 2.45) is 0 Å². The third-order valence-corrected chi connectivity index (χ3v) is 5.75. The topological polar surface area (TPSA) is 97.5 Å². The predicted molar refractivity (Wildman–Crippen MR) is 126 cm³/mol. The van der Waals surface area contributed by atoms with Crippen LogP contribution < -0.4 is 14.5 Å². The van der Waals surface area contributed by atoms with Gasteiger partial charge in [0.25, 0.3) is 0 Å². The third-order valence-electron chi connectivity index (χ3n) is 5.75. The maximum atomic E-state index is 13.2. The van der Waals surface area contributed by atoms with E-state index < -0.39 is 4.92 Å². The maximum absolute atomic E-state index is 13.2. The minimum Gasteiger partial charge on any atom is -0.431 e. The molecular weight excluding hydrogens is 439 g/mol. The van der Waals surface area contributed by atoms with Crippen LogP contribution in [0.3, 0.4) is 0 Å². The molecule has 0 saturated carbocycles. The molecule has 0 atom stereocenters. The number of nitrogens with zero attached hydrogens (tertiary/aromatic N) is 6. The van der Waals surface area contributed by atoms with Crippen molar-refractivity contribution in [3.05, 3.63) is 82.6 Å². The molecule has 0 bridgehead atoms. The highest BCUT2D eigenvalue weighted by Gasteiger charge is 2.31. The fraction of sp³-hybridized carbons (Fsp3) is 0.208. The Morgan fingerprint density at radius 2 is 1.71 bits per heavy atom. The van der Waals surface area contributed by atoms with E-state index in [1.165, 1.54) is 18.5 Å². The van der Waals surface area contributed by atoms with Crippen LogP contribution in [0.2, 0.25) is 0 Å². The number of hydrogen-bond donors (Lipinski definition) is 0. The van der Waals surface area contributed by atoms with Gasteiger partial charge in [0.2, 0.25) is 5.82 Å². The van der Waals surface area contributed by atoms with E-state index in [1.807, 2.05) is 30.0 Å². The molecule has 2 aromatic heterocycles. The maximum Gasteiger partial charge on any atom is 0.373 e. The average Bonchev–Trinajstić information content (AvgIpc) is 2.85. The summed E-state index contributed by atoms with van der Waals surface area (Å²) in [6.45, 7) is 4.09. The molecule has 5 rings (SSSR count). The van der Waals surface area contributed by atoms with Gasteiger partial charge in [0.15, 0.2) is 5.75 Å². The lowest BCUT2D eigenvalue weighted by Gasteiger charge is -2.36. The molecule has 3 heterocycles. The van der Waals surface area contributed by atoms with Crippen molar-refractivity contribution in [3.8, 4) is 11.6 Å². The van der Waals surface area contributed by atoms with Gasteiger partial charge in [-0.3, -0.25) is 10.1 Å². The van der Waals surface area contributed by atoms with E-state index in [-0.39, 0.29) is 23.2 Å². The van der Waals surface area contributed by atoms with E-state index in [0.29, 0.717) is 37.4 Å². The Morgan fingerprint density at radius 1 is 0.971 bits per heavy atom. The molecular formula is C24H21FN6O3. The van der Waals surface area contributed by atoms with Gasteiger partial charge in [0, 0.05) is 42.9 Å². The number of rotatable bonds is 5. The average molecular weight is 460 g/mol. The summed E-state index contributed by atoms with van der Waals surface area (Å²) in [6.07, 6.45) is 1.27. The van der Waals surface area contributed by atoms with Crippen LogP contribution in [0.25, 0.3) is 10.9 Å². The summed E-state index contributed by atoms with van der Waals surface area (Å²) in [5.74, 6) is 0.170. The minimum absolute atomic E-state index is 0.133. The molecule has 0 spiro atoms. The SMILES string of the molecule is Cc1ccc2cccc(Oc3ncnc(N4CCN(c5ccc(F)cc5)CC4)c3[N+](=O)[O-])c2n1. The van der Waals surface area contributed by atoms with Crippen LogP contribution in [0, 0.1) is 22.9 Å². The van der Waals surface area contributed by atoms with E-state index in [9.17, 15) is 14.5 Å². The highest BCUT2D eigenvalue weighted by molar-refractivity contribution is 5.85. The standard InChI is InChI=1S/C24H21FN6O3/c1-16-5-6-17-3-2-4-20(21(17)28-16)34-24-22(31(32)33)23(26-15-27-24)30-13-11-29(12-14-30)19-9-7-18(25)8-10-19/h2-10,15H,11-14H2,1H3. The number of halogens is 1. The fourth-order valence-corrected chi connectivity index (χ4v) is 4.05. The summed E-state index contributed by atoms with van der Waals surface area (Å²) < 4.78 is 19.2. The molecule has 34 heavy (non-hydrogen) atoms. The second-order valence-electron chi connectivity index (χ2n) is 7.94. The number of pyridine rings is 1. The fourth-order valence-electron chi connectivity index (χ4n) is 4.05. The Morgan fingerprint density at radius 3 is 2.44 bits per heavy atom. The first-order valence-electron chi connectivity index (χ1n) is 10.8. The highest BCUT2D eigenvalue weighted by Crippen LogP contribution is 2.38. The van der Waals surface area contributed by atoms with Crippen LogP contribution >= 0.6 is 0 Å². The summed E-state index contributed by atoms with van der Waals surface area (Å²) >= 11 is 0. The summed E-state index contributed by atoms with van der Waals surface area (Å²) in [7, 11) is 0. The lowest BCUT2D eigenvalue weighted by molar-refractivity contribution is -0.385. The van der Waals surface area contributed by atoms with Crippen LogP contribution in [0.4, 0.5) is 21.6 Å². The quantitative estimate of drug-likeness (QED) is 0.317. The molecule has 1 saturated heterocycles. The molecule has 0 amide bonds. The first kappa shape index (κ1) is 21.5. The largest absolute Gasteiger partial charge is 0.431 e. The first-order valence-corrected chi connectivity index (χ1v) is 10.8. The van der Waals surface area contributed by atoms with Crippen molar-refractivity contribution in [2.75, 3.05) is 36.0 Å². The lowest BCUT2D eigenvalue weighted by Crippen LogP contribution is -2.47. The Kier molecular flexibility index (Phi) is 5.62. The number of benzene rings is 2. The van der Waals surface area contributed by atoms with Crippen LogP contribution in [-0.4, -0.2) is 46.1 Å². The summed E-state index contributed by atoms with van der Waals surface area (Å²) in [6, 6.07) is 15.5. The summed E-state index contributed by atoms with van der Waals surface area (Å²) in [5.41, 5.74) is 2.02. The van der Waals surface area contributed by atoms with Gasteiger partial charge < -0.3 is 14.5 Å². The van der Waals surface area contributed by atoms with Gasteiger partial charge in [0.1, 0.15) is 17.7 Å². The van der Waals surface area contributed by atoms with Crippen molar-refractivity contribution in [1.82, 2.24) is 15.0 Å². The zero-order valence-electron chi connectivity index (χ0n) is 18.4. The molecule has 10 heteroatoms. The number of ether oxygens (including phenoxy) is 1. The second kappa shape index (κ2) is 8.89. The molecule has 0 radical (unpaired) electrons. The van der Waals surface area contributed by atoms with Crippen LogP contribution in [0.5, 0.6) is 11.6 Å². The molecule has 4 aromatic rings. The van der Waals surface area contributed by atoms with Crippen molar-refractivity contribution in [2.45, 2.75) is 6.92 Å². The molecule has 1 fully saturated rings. The van der Waals surface area contributed by atoms with Gasteiger partial charge >= 0.3 is 11.6 Å². The van der Waals surface area contributed by atoms with E-state index >= 15 is 0 Å². The molecule has 9 nitrogen and oxygen atoms in total. The molecule has 0 aliphatic carbocycles. The molecule has 0 N–H and O–H groups in total. The Hall–Kier alpha value is -4.34. The molecule has 1 aliphatic rings. The number of fused-ring (bicyclic) bond motifs is 1. The number of nitro groups is 1. The Bertz CT molecular complexity index is 1360. The van der Waals surface area contributed by atoms with E-state index in [1.54, 1.807) is 24.3 Å². The molecule has 0 unspecified atom stereocenters. The smallest absolute Gasteiger partial charge is 0.373 e. The number of aryl methyl sites for hydroxylation is 1. The highest BCUT2D eigenvalue weighted by atomic mass is 19.1. The van der Waals surface area contributed by atoms with Gasteiger partial charge in [-0.25, -0.2) is 14.4 Å². The van der Waals surface area contributed by atoms with Crippen LogP contribution in [0.15, 0.2) is 60.9 Å². The minimum atomic E-state index is -0.513. The van der Waals surface area contributed by atoms with E-state index in [0.717, 1.165) is 16.8 Å². The van der Waals surface area contributed by atoms with Gasteiger partial charge in [-0.05, 0) is 43.3 Å². The number of anilines is 2. The van der Waals surface area contributed by atoms with Gasteiger partial charge in [-0.2, -0.15) is 4.98 Å². The van der Waals surface area contributed by atoms with E-state index in [2.05, 4.69) is 19.9 Å². The number of hydrogen-bond acceptors (Lipinski definition) is 8. The zero-order chi connectivity index (χ0) is 23.7. The van der Waals surface area contributed by atoms with Gasteiger partial charge in [-0.15, -0.1) is 0 Å². The first-order chi connectivity index (χ1) is 16.5. The van der Waals surface area contributed by atoms with E-state index in [4.69, 9.17) is 4.74 Å². The second-order valence-corrected chi connectivity index (χ2v) is 7.94. The summed E-state index contributed by atoms with van der Waals surface area (Å²) in [4.78, 5) is 28.3. The van der Waals surface area contributed by atoms with Crippen molar-refractivity contribution in [1.29, 1.82) is 0 Å². The molecule has 1 aliphatic heterocycles. The van der Waals surface area contributed by atoms with Crippen LogP contribution in [-0.2, 0) is 0 Å².